The smallest absolute Gasteiger partial charge is 0.192 e. The highest BCUT2D eigenvalue weighted by Gasteiger charge is 2.37. The second kappa shape index (κ2) is 4.58. The van der Waals surface area contributed by atoms with E-state index in [9.17, 15) is 0 Å². The molecule has 0 aromatic rings. The Morgan fingerprint density at radius 1 is 1.62 bits per heavy atom. The first-order chi connectivity index (χ1) is 8.71. The van der Waals surface area contributed by atoms with Gasteiger partial charge in [-0.25, -0.2) is 0 Å². The van der Waals surface area contributed by atoms with E-state index in [2.05, 4.69) is 0 Å². The van der Waals surface area contributed by atoms with E-state index in [4.69, 9.17) is 21.1 Å². The van der Waals surface area contributed by atoms with Gasteiger partial charge in [-0.15, -0.1) is 0 Å². The molecular weight excluding hydrogens is 178 g/mol. The molecule has 0 aromatic carbocycles. The van der Waals surface area contributed by atoms with Gasteiger partial charge in [-0.2, -0.15) is 0 Å². The van der Waals surface area contributed by atoms with Crippen LogP contribution in [-0.2, 0) is 4.43 Å². The van der Waals surface area contributed by atoms with Crippen LogP contribution in [0.1, 0.15) is 45.0 Å². The van der Waals surface area contributed by atoms with Crippen molar-refractivity contribution in [1.29, 1.82) is 0 Å². The van der Waals surface area contributed by atoms with E-state index in [-0.39, 0.29) is 0 Å². The Balaban J connectivity index is 5.71. The Labute approximate surface area is 95.2 Å². The molecule has 0 unspecified atom stereocenters. The summed E-state index contributed by atoms with van der Waals surface area (Å²) in [6.07, 6.45) is -3.27. The molecule has 0 amide bonds. The SMILES string of the molecule is [2H]C([2H])([2H])C([2H])([2H])[C@]([2H])(N)C([2H])([2H])O[Si](C)(C)C(C)(C)C. The molecule has 0 bridgehead atoms. The molecule has 2 N–H and O–H groups in total. The predicted octanol–water partition coefficient (Wildman–Crippen LogP) is 2.75. The lowest BCUT2D eigenvalue weighted by atomic mass is 10.2. The third-order valence-corrected chi connectivity index (χ3v) is 6.58. The minimum atomic E-state index is -3.27. The first-order valence-corrected chi connectivity index (χ1v) is 7.11. The van der Waals surface area contributed by atoms with Gasteiger partial charge in [0.1, 0.15) is 0 Å². The third-order valence-electron chi connectivity index (χ3n) is 2.36. The lowest BCUT2D eigenvalue weighted by Crippen LogP contribution is -2.43. The topological polar surface area (TPSA) is 35.2 Å². The molecule has 0 saturated heterocycles. The van der Waals surface area contributed by atoms with Crippen molar-refractivity contribution in [3.8, 4) is 0 Å². The van der Waals surface area contributed by atoms with E-state index < -0.39 is 39.2 Å². The fourth-order valence-electron chi connectivity index (χ4n) is 0.361. The van der Waals surface area contributed by atoms with E-state index in [0.29, 0.717) is 0 Å². The van der Waals surface area contributed by atoms with Gasteiger partial charge in [0.2, 0.25) is 0 Å². The molecule has 0 aromatic heterocycles. The summed E-state index contributed by atoms with van der Waals surface area (Å²) < 4.78 is 65.7. The first-order valence-electron chi connectivity index (χ1n) is 8.20. The zero-order valence-electron chi connectivity index (χ0n) is 17.0. The number of rotatable bonds is 4. The van der Waals surface area contributed by atoms with Gasteiger partial charge in [-0.05, 0) is 24.5 Å². The van der Waals surface area contributed by atoms with E-state index >= 15 is 0 Å². The average molecular weight is 211 g/mol. The summed E-state index contributed by atoms with van der Waals surface area (Å²) in [5, 5.41) is -0.400. The maximum absolute atomic E-state index is 7.88. The Morgan fingerprint density at radius 2 is 2.15 bits per heavy atom. The second-order valence-corrected chi connectivity index (χ2v) is 9.23. The Bertz CT molecular complexity index is 385. The van der Waals surface area contributed by atoms with Crippen molar-refractivity contribution < 1.29 is 15.4 Å². The average Bonchev–Trinajstić information content (AvgIpc) is 2.11. The van der Waals surface area contributed by atoms with E-state index in [1.165, 1.54) is 0 Å². The van der Waals surface area contributed by atoms with Gasteiger partial charge < -0.3 is 10.2 Å². The minimum Gasteiger partial charge on any atom is -0.415 e. The van der Waals surface area contributed by atoms with E-state index in [0.717, 1.165) is 0 Å². The lowest BCUT2D eigenvalue weighted by Gasteiger charge is -2.36. The van der Waals surface area contributed by atoms with Crippen LogP contribution in [0.3, 0.4) is 0 Å². The van der Waals surface area contributed by atoms with Crippen LogP contribution in [0.4, 0.5) is 0 Å². The van der Waals surface area contributed by atoms with Crippen LogP contribution in [0.5, 0.6) is 0 Å². The van der Waals surface area contributed by atoms with Crippen molar-refractivity contribution in [3.63, 3.8) is 0 Å². The Kier molecular flexibility index (Phi) is 1.68. The van der Waals surface area contributed by atoms with Crippen molar-refractivity contribution in [2.45, 2.75) is 58.1 Å². The quantitative estimate of drug-likeness (QED) is 0.726. The number of hydrogen-bond donors (Lipinski definition) is 1. The Hall–Kier alpha value is 0.137. The minimum absolute atomic E-state index is 0.400. The fraction of sp³-hybridized carbons (Fsp3) is 1.00. The fourth-order valence-corrected chi connectivity index (χ4v) is 1.03. The predicted molar refractivity (Wildman–Crippen MR) is 61.4 cm³/mol. The molecule has 0 saturated carbocycles. The van der Waals surface area contributed by atoms with Crippen LogP contribution in [0.25, 0.3) is 0 Å². The molecule has 0 rings (SSSR count). The van der Waals surface area contributed by atoms with Gasteiger partial charge in [0.25, 0.3) is 0 Å². The van der Waals surface area contributed by atoms with Gasteiger partial charge in [-0.1, -0.05) is 27.6 Å². The summed E-state index contributed by atoms with van der Waals surface area (Å²) in [4.78, 5) is 0. The molecule has 0 aliphatic heterocycles. The van der Waals surface area contributed by atoms with E-state index in [1.54, 1.807) is 13.1 Å². The van der Waals surface area contributed by atoms with Crippen LogP contribution >= 0.6 is 0 Å². The summed E-state index contributed by atoms with van der Waals surface area (Å²) >= 11 is 0. The molecule has 80 valence electrons. The molecule has 2 nitrogen and oxygen atoms in total. The van der Waals surface area contributed by atoms with Gasteiger partial charge >= 0.3 is 0 Å². The van der Waals surface area contributed by atoms with Crippen molar-refractivity contribution in [2.24, 2.45) is 5.73 Å². The highest BCUT2D eigenvalue weighted by molar-refractivity contribution is 6.74. The van der Waals surface area contributed by atoms with Gasteiger partial charge in [0.15, 0.2) is 8.32 Å². The highest BCUT2D eigenvalue weighted by atomic mass is 28.4. The lowest BCUT2D eigenvalue weighted by molar-refractivity contribution is 0.260. The van der Waals surface area contributed by atoms with Crippen molar-refractivity contribution >= 4 is 8.32 Å². The van der Waals surface area contributed by atoms with Gasteiger partial charge in [-0.3, -0.25) is 0 Å². The third kappa shape index (κ3) is 4.25. The van der Waals surface area contributed by atoms with Crippen LogP contribution in [-0.4, -0.2) is 20.9 Å². The largest absolute Gasteiger partial charge is 0.415 e. The zero-order valence-corrected chi connectivity index (χ0v) is 9.99. The summed E-state index contributed by atoms with van der Waals surface area (Å²) in [5.74, 6) is 0. The monoisotopic (exact) mass is 211 g/mol. The molecular formula is C10H25NOSi. The van der Waals surface area contributed by atoms with E-state index in [1.807, 2.05) is 20.8 Å². The number of nitrogens with two attached hydrogens (primary N) is 1. The molecule has 13 heavy (non-hydrogen) atoms. The molecule has 0 aliphatic carbocycles. The molecule has 1 atom stereocenters. The van der Waals surface area contributed by atoms with Crippen molar-refractivity contribution in [3.05, 3.63) is 0 Å². The molecule has 3 heteroatoms. The summed E-state index contributed by atoms with van der Waals surface area (Å²) in [5.41, 5.74) is 5.46. The molecule has 0 fully saturated rings. The zero-order chi connectivity index (χ0) is 17.7. The molecule has 0 spiro atoms. The first kappa shape index (κ1) is 4.77. The normalized spacial score (nSPS) is 30.6. The maximum Gasteiger partial charge on any atom is 0.192 e. The van der Waals surface area contributed by atoms with Crippen LogP contribution in [0, 0.1) is 0 Å². The van der Waals surface area contributed by atoms with Gasteiger partial charge in [0.05, 0.1) is 2.74 Å². The Morgan fingerprint density at radius 3 is 2.54 bits per heavy atom. The number of hydrogen-bond acceptors (Lipinski definition) is 2. The van der Waals surface area contributed by atoms with Crippen LogP contribution in [0.2, 0.25) is 18.1 Å². The molecule has 0 heterocycles. The standard InChI is InChI=1S/C10H25NOSi/c1-7-9(11)8-12-13(5,6)10(2,3)4/h9H,7-8,11H2,1-6H3/t9-/m0/s1/i1D3,7D2,8D2,9D. The van der Waals surface area contributed by atoms with Gasteiger partial charge in [0, 0.05) is 20.8 Å². The molecule has 0 aliphatic rings. The second-order valence-electron chi connectivity index (χ2n) is 4.50. The summed E-state index contributed by atoms with van der Waals surface area (Å²) in [6, 6.07) is -3.08. The van der Waals surface area contributed by atoms with Crippen molar-refractivity contribution in [2.75, 3.05) is 6.56 Å². The highest BCUT2D eigenvalue weighted by Crippen LogP contribution is 2.36. The maximum atomic E-state index is 7.88. The molecule has 0 radical (unpaired) electrons. The van der Waals surface area contributed by atoms with Crippen LogP contribution < -0.4 is 5.73 Å². The van der Waals surface area contributed by atoms with Crippen LogP contribution in [0.15, 0.2) is 0 Å². The summed E-state index contributed by atoms with van der Waals surface area (Å²) in [6.45, 7) is 2.76. The van der Waals surface area contributed by atoms with Crippen molar-refractivity contribution in [1.82, 2.24) is 0 Å². The summed E-state index contributed by atoms with van der Waals surface area (Å²) in [7, 11) is -2.71.